The quantitative estimate of drug-likeness (QED) is 0.710. The summed E-state index contributed by atoms with van der Waals surface area (Å²) in [5.41, 5.74) is 0.0729. The Hall–Kier alpha value is -1.29. The van der Waals surface area contributed by atoms with Gasteiger partial charge in [0.15, 0.2) is 11.6 Å². The zero-order chi connectivity index (χ0) is 10.8. The fourth-order valence-corrected chi connectivity index (χ4v) is 1.64. The normalized spacial score (nSPS) is 17.5. The highest BCUT2D eigenvalue weighted by Crippen LogP contribution is 2.35. The number of pyridine rings is 1. The molecule has 0 radical (unpaired) electrons. The Morgan fingerprint density at radius 1 is 1.67 bits per heavy atom. The molecule has 0 aliphatic heterocycles. The molecule has 0 amide bonds. The summed E-state index contributed by atoms with van der Waals surface area (Å²) in [6.45, 7) is 0. The van der Waals surface area contributed by atoms with Crippen LogP contribution >= 0.6 is 0 Å². The summed E-state index contributed by atoms with van der Waals surface area (Å²) in [7, 11) is 1.49. The van der Waals surface area contributed by atoms with Crippen molar-refractivity contribution in [3.63, 3.8) is 0 Å². The van der Waals surface area contributed by atoms with Crippen LogP contribution in [0.1, 0.15) is 23.2 Å². The number of halogens is 1. The molecule has 2 rings (SSSR count). The first-order valence-corrected chi connectivity index (χ1v) is 4.90. The second-order valence-corrected chi connectivity index (χ2v) is 3.71. The second-order valence-electron chi connectivity index (χ2n) is 3.71. The average Bonchev–Trinajstić information content (AvgIpc) is 3.03. The largest absolute Gasteiger partial charge is 0.373 e. The lowest BCUT2D eigenvalue weighted by Crippen LogP contribution is -2.26. The van der Waals surface area contributed by atoms with Crippen LogP contribution in [-0.4, -0.2) is 24.0 Å². The van der Waals surface area contributed by atoms with Crippen LogP contribution in [0.5, 0.6) is 0 Å². The van der Waals surface area contributed by atoms with Gasteiger partial charge in [-0.2, -0.15) is 0 Å². The van der Waals surface area contributed by atoms with Gasteiger partial charge in [0.1, 0.15) is 6.10 Å². The van der Waals surface area contributed by atoms with E-state index in [-0.39, 0.29) is 17.3 Å². The maximum Gasteiger partial charge on any atom is 0.194 e. The molecule has 1 aliphatic rings. The number of carbonyl (C=O) groups excluding carboxylic acids is 1. The second kappa shape index (κ2) is 4.06. The highest BCUT2D eigenvalue weighted by molar-refractivity contribution is 6.00. The maximum absolute atomic E-state index is 13.3. The van der Waals surface area contributed by atoms with Gasteiger partial charge in [-0.1, -0.05) is 0 Å². The third-order valence-electron chi connectivity index (χ3n) is 2.60. The van der Waals surface area contributed by atoms with Crippen LogP contribution in [0.3, 0.4) is 0 Å². The molecular weight excluding hydrogens is 197 g/mol. The molecule has 1 heterocycles. The minimum Gasteiger partial charge on any atom is -0.373 e. The number of hydrogen-bond donors (Lipinski definition) is 0. The molecule has 1 fully saturated rings. The smallest absolute Gasteiger partial charge is 0.194 e. The molecular formula is C11H12FNO2. The molecule has 1 unspecified atom stereocenters. The van der Waals surface area contributed by atoms with Crippen molar-refractivity contribution in [2.24, 2.45) is 5.92 Å². The summed E-state index contributed by atoms with van der Waals surface area (Å²) in [6.07, 6.45) is 3.93. The average molecular weight is 209 g/mol. The highest BCUT2D eigenvalue weighted by Gasteiger charge is 2.37. The summed E-state index contributed by atoms with van der Waals surface area (Å²) < 4.78 is 18.4. The number of Topliss-reactive ketones (excluding diaryl/α,β-unsaturated/α-hetero) is 1. The van der Waals surface area contributed by atoms with Gasteiger partial charge in [-0.15, -0.1) is 0 Å². The van der Waals surface area contributed by atoms with Crippen LogP contribution in [0.25, 0.3) is 0 Å². The van der Waals surface area contributed by atoms with E-state index in [9.17, 15) is 9.18 Å². The van der Waals surface area contributed by atoms with E-state index in [1.807, 2.05) is 0 Å². The molecule has 15 heavy (non-hydrogen) atoms. The first-order valence-electron chi connectivity index (χ1n) is 4.90. The standard InChI is InChI=1S/C11H12FNO2/c1-15-11(7-2-3-7)10(14)8-4-5-13-6-9(8)12/h4-7,11H,2-3H2,1H3. The Labute approximate surface area is 87.3 Å². The summed E-state index contributed by atoms with van der Waals surface area (Å²) >= 11 is 0. The fraction of sp³-hybridized carbons (Fsp3) is 0.455. The number of aromatic nitrogens is 1. The van der Waals surface area contributed by atoms with Crippen molar-refractivity contribution in [2.75, 3.05) is 7.11 Å². The Morgan fingerprint density at radius 2 is 2.40 bits per heavy atom. The molecule has 0 spiro atoms. The van der Waals surface area contributed by atoms with Crippen molar-refractivity contribution < 1.29 is 13.9 Å². The van der Waals surface area contributed by atoms with Crippen LogP contribution < -0.4 is 0 Å². The van der Waals surface area contributed by atoms with E-state index in [4.69, 9.17) is 4.74 Å². The van der Waals surface area contributed by atoms with Gasteiger partial charge in [0, 0.05) is 13.3 Å². The van der Waals surface area contributed by atoms with E-state index in [2.05, 4.69) is 4.98 Å². The van der Waals surface area contributed by atoms with Gasteiger partial charge < -0.3 is 4.74 Å². The maximum atomic E-state index is 13.3. The van der Waals surface area contributed by atoms with Crippen LogP contribution in [-0.2, 0) is 4.74 Å². The highest BCUT2D eigenvalue weighted by atomic mass is 19.1. The molecule has 1 aromatic heterocycles. The van der Waals surface area contributed by atoms with Crippen molar-refractivity contribution in [1.82, 2.24) is 4.98 Å². The predicted molar refractivity (Wildman–Crippen MR) is 52.0 cm³/mol. The molecule has 1 atom stereocenters. The Morgan fingerprint density at radius 3 is 2.93 bits per heavy atom. The van der Waals surface area contributed by atoms with Crippen LogP contribution in [0.2, 0.25) is 0 Å². The Kier molecular flexibility index (Phi) is 2.77. The van der Waals surface area contributed by atoms with E-state index in [0.29, 0.717) is 0 Å². The molecule has 3 nitrogen and oxygen atoms in total. The predicted octanol–water partition coefficient (Wildman–Crippen LogP) is 1.83. The summed E-state index contributed by atoms with van der Waals surface area (Å²) in [5.74, 6) is -0.597. The van der Waals surface area contributed by atoms with Crippen LogP contribution in [0, 0.1) is 11.7 Å². The van der Waals surface area contributed by atoms with Gasteiger partial charge in [-0.25, -0.2) is 4.39 Å². The molecule has 0 N–H and O–H groups in total. The third kappa shape index (κ3) is 2.04. The molecule has 0 saturated heterocycles. The van der Waals surface area contributed by atoms with E-state index >= 15 is 0 Å². The number of methoxy groups -OCH3 is 1. The van der Waals surface area contributed by atoms with Crippen molar-refractivity contribution in [3.8, 4) is 0 Å². The van der Waals surface area contributed by atoms with E-state index in [1.54, 1.807) is 0 Å². The number of ether oxygens (including phenoxy) is 1. The minimum absolute atomic E-state index is 0.0729. The molecule has 1 aliphatic carbocycles. The summed E-state index contributed by atoms with van der Waals surface area (Å²) in [5, 5.41) is 0. The minimum atomic E-state index is -0.579. The number of hydrogen-bond acceptors (Lipinski definition) is 3. The zero-order valence-corrected chi connectivity index (χ0v) is 8.44. The number of ketones is 1. The SMILES string of the molecule is COC(C(=O)c1ccncc1F)C1CC1. The molecule has 1 saturated carbocycles. The van der Waals surface area contributed by atoms with E-state index in [0.717, 1.165) is 19.0 Å². The molecule has 1 aromatic rings. The van der Waals surface area contributed by atoms with Crippen molar-refractivity contribution >= 4 is 5.78 Å². The summed E-state index contributed by atoms with van der Waals surface area (Å²) in [4.78, 5) is 15.5. The topological polar surface area (TPSA) is 39.2 Å². The first-order chi connectivity index (χ1) is 7.24. The zero-order valence-electron chi connectivity index (χ0n) is 8.44. The fourth-order valence-electron chi connectivity index (χ4n) is 1.64. The molecule has 0 aromatic carbocycles. The monoisotopic (exact) mass is 209 g/mol. The Bertz CT molecular complexity index is 377. The molecule has 4 heteroatoms. The van der Waals surface area contributed by atoms with Gasteiger partial charge in [0.2, 0.25) is 0 Å². The van der Waals surface area contributed by atoms with Gasteiger partial charge in [-0.3, -0.25) is 9.78 Å². The van der Waals surface area contributed by atoms with Gasteiger partial charge in [0.25, 0.3) is 0 Å². The van der Waals surface area contributed by atoms with Gasteiger partial charge >= 0.3 is 0 Å². The van der Waals surface area contributed by atoms with Crippen molar-refractivity contribution in [2.45, 2.75) is 18.9 Å². The summed E-state index contributed by atoms with van der Waals surface area (Å²) in [6, 6.07) is 1.39. The lowest BCUT2D eigenvalue weighted by Gasteiger charge is -2.13. The number of carbonyl (C=O) groups is 1. The van der Waals surface area contributed by atoms with Crippen molar-refractivity contribution in [3.05, 3.63) is 29.8 Å². The number of nitrogens with zero attached hydrogens (tertiary/aromatic N) is 1. The van der Waals surface area contributed by atoms with E-state index in [1.165, 1.54) is 19.4 Å². The first kappa shape index (κ1) is 10.2. The lowest BCUT2D eigenvalue weighted by molar-refractivity contribution is 0.0535. The lowest BCUT2D eigenvalue weighted by atomic mass is 10.0. The third-order valence-corrected chi connectivity index (χ3v) is 2.60. The van der Waals surface area contributed by atoms with Gasteiger partial charge in [-0.05, 0) is 24.8 Å². The van der Waals surface area contributed by atoms with Crippen LogP contribution in [0.4, 0.5) is 4.39 Å². The molecule has 0 bridgehead atoms. The van der Waals surface area contributed by atoms with Crippen LogP contribution in [0.15, 0.2) is 18.5 Å². The Balaban J connectivity index is 2.22. The van der Waals surface area contributed by atoms with Crippen molar-refractivity contribution in [1.29, 1.82) is 0 Å². The number of rotatable bonds is 4. The van der Waals surface area contributed by atoms with Gasteiger partial charge in [0.05, 0.1) is 11.8 Å². The molecule has 80 valence electrons. The van der Waals surface area contributed by atoms with E-state index < -0.39 is 11.9 Å².